The van der Waals surface area contributed by atoms with Gasteiger partial charge in [0.15, 0.2) is 5.82 Å². The van der Waals surface area contributed by atoms with Crippen LogP contribution in [0.4, 0.5) is 0 Å². The molecule has 1 heterocycles. The summed E-state index contributed by atoms with van der Waals surface area (Å²) in [5, 5.41) is 0. The van der Waals surface area contributed by atoms with E-state index in [4.69, 9.17) is 0 Å². The van der Waals surface area contributed by atoms with E-state index in [1.54, 1.807) is 12.4 Å². The molecule has 2 rings (SSSR count). The quantitative estimate of drug-likeness (QED) is 0.725. The highest BCUT2D eigenvalue weighted by Crippen LogP contribution is 2.20. The summed E-state index contributed by atoms with van der Waals surface area (Å²) in [5.41, 5.74) is 2.30. The first-order chi connectivity index (χ1) is 7.81. The fourth-order valence-electron chi connectivity index (χ4n) is 1.52. The molecule has 0 radical (unpaired) electrons. The molecule has 1 aromatic carbocycles. The van der Waals surface area contributed by atoms with E-state index in [1.165, 1.54) is 5.56 Å². The van der Waals surface area contributed by atoms with Crippen molar-refractivity contribution in [2.45, 2.75) is 12.8 Å². The molecule has 0 spiro atoms. The summed E-state index contributed by atoms with van der Waals surface area (Å²) in [5.74, 6) is 1.14. The summed E-state index contributed by atoms with van der Waals surface area (Å²) < 4.78 is 0. The molecular formula is C14H14N2. The van der Waals surface area contributed by atoms with Crippen LogP contribution in [-0.2, 0) is 0 Å². The second kappa shape index (κ2) is 4.71. The molecule has 1 unspecified atom stereocenters. The Bertz CT molecular complexity index is 460. The Labute approximate surface area is 95.7 Å². The van der Waals surface area contributed by atoms with Crippen molar-refractivity contribution in [3.05, 3.63) is 60.9 Å². The number of nitrogens with zero attached hydrogens (tertiary/aromatic N) is 2. The van der Waals surface area contributed by atoms with Gasteiger partial charge in [-0.15, -0.1) is 6.58 Å². The van der Waals surface area contributed by atoms with Gasteiger partial charge in [0.2, 0.25) is 0 Å². The summed E-state index contributed by atoms with van der Waals surface area (Å²) >= 11 is 0. The van der Waals surface area contributed by atoms with Gasteiger partial charge in [-0.1, -0.05) is 37.3 Å². The molecule has 0 aliphatic heterocycles. The lowest BCUT2D eigenvalue weighted by molar-refractivity contribution is 0.971. The molecule has 0 N–H and O–H groups in total. The molecule has 0 aliphatic carbocycles. The monoisotopic (exact) mass is 210 g/mol. The summed E-state index contributed by atoms with van der Waals surface area (Å²) in [6.45, 7) is 5.92. The minimum absolute atomic E-state index is 0.380. The number of rotatable bonds is 3. The normalized spacial score (nSPS) is 12.1. The molecule has 1 aromatic heterocycles. The predicted octanol–water partition coefficient (Wildman–Crippen LogP) is 3.43. The average molecular weight is 210 g/mol. The molecule has 2 aromatic rings. The summed E-state index contributed by atoms with van der Waals surface area (Å²) in [7, 11) is 0. The van der Waals surface area contributed by atoms with Crippen molar-refractivity contribution in [3.8, 4) is 11.4 Å². The third kappa shape index (κ3) is 2.16. The number of hydrogen-bond donors (Lipinski definition) is 0. The third-order valence-corrected chi connectivity index (χ3v) is 2.61. The van der Waals surface area contributed by atoms with E-state index in [9.17, 15) is 0 Å². The van der Waals surface area contributed by atoms with Crippen LogP contribution < -0.4 is 0 Å². The van der Waals surface area contributed by atoms with Gasteiger partial charge in [-0.3, -0.25) is 0 Å². The molecule has 0 saturated carbocycles. The molecule has 2 heteroatoms. The summed E-state index contributed by atoms with van der Waals surface area (Å²) in [6, 6.07) is 10.1. The predicted molar refractivity (Wildman–Crippen MR) is 66.1 cm³/mol. The van der Waals surface area contributed by atoms with Gasteiger partial charge < -0.3 is 0 Å². The van der Waals surface area contributed by atoms with E-state index < -0.39 is 0 Å². The largest absolute Gasteiger partial charge is 0.237 e. The molecule has 0 aliphatic rings. The Morgan fingerprint density at radius 3 is 2.31 bits per heavy atom. The van der Waals surface area contributed by atoms with Gasteiger partial charge in [-0.25, -0.2) is 9.97 Å². The first-order valence-corrected chi connectivity index (χ1v) is 5.31. The van der Waals surface area contributed by atoms with Gasteiger partial charge in [-0.05, 0) is 17.5 Å². The second-order valence-corrected chi connectivity index (χ2v) is 3.72. The topological polar surface area (TPSA) is 25.8 Å². The lowest BCUT2D eigenvalue weighted by atomic mass is 10.00. The molecule has 0 amide bonds. The van der Waals surface area contributed by atoms with Gasteiger partial charge in [0, 0.05) is 18.0 Å². The maximum atomic E-state index is 4.21. The smallest absolute Gasteiger partial charge is 0.159 e. The van der Waals surface area contributed by atoms with E-state index in [0.717, 1.165) is 11.4 Å². The van der Waals surface area contributed by atoms with Crippen molar-refractivity contribution in [2.75, 3.05) is 0 Å². The Kier molecular flexibility index (Phi) is 3.10. The van der Waals surface area contributed by atoms with E-state index in [2.05, 4.69) is 35.6 Å². The third-order valence-electron chi connectivity index (χ3n) is 2.61. The number of allylic oxidation sites excluding steroid dienone is 1. The molecule has 80 valence electrons. The van der Waals surface area contributed by atoms with Crippen molar-refractivity contribution in [3.63, 3.8) is 0 Å². The zero-order valence-electron chi connectivity index (χ0n) is 9.30. The van der Waals surface area contributed by atoms with Crippen LogP contribution in [0, 0.1) is 0 Å². The standard InChI is InChI=1S/C14H14N2/c1-3-11(2)12-5-7-13(8-6-12)14-15-9-4-10-16-14/h3-11H,1H2,2H3. The Morgan fingerprint density at radius 2 is 1.75 bits per heavy atom. The van der Waals surface area contributed by atoms with Gasteiger partial charge in [0.25, 0.3) is 0 Å². The van der Waals surface area contributed by atoms with Crippen molar-refractivity contribution in [2.24, 2.45) is 0 Å². The van der Waals surface area contributed by atoms with Crippen LogP contribution in [0.2, 0.25) is 0 Å². The van der Waals surface area contributed by atoms with Crippen molar-refractivity contribution < 1.29 is 0 Å². The highest BCUT2D eigenvalue weighted by molar-refractivity contribution is 5.55. The Balaban J connectivity index is 2.30. The average Bonchev–Trinajstić information content (AvgIpc) is 2.39. The summed E-state index contributed by atoms with van der Waals surface area (Å²) in [6.07, 6.45) is 5.44. The fourth-order valence-corrected chi connectivity index (χ4v) is 1.52. The van der Waals surface area contributed by atoms with Crippen LogP contribution in [-0.4, -0.2) is 9.97 Å². The number of benzene rings is 1. The lowest BCUT2D eigenvalue weighted by Gasteiger charge is -2.06. The molecular weight excluding hydrogens is 196 g/mol. The maximum absolute atomic E-state index is 4.21. The molecule has 0 bridgehead atoms. The maximum Gasteiger partial charge on any atom is 0.159 e. The SMILES string of the molecule is C=CC(C)c1ccc(-c2ncccn2)cc1. The van der Waals surface area contributed by atoms with E-state index in [-0.39, 0.29) is 0 Å². The van der Waals surface area contributed by atoms with Crippen LogP contribution in [0.3, 0.4) is 0 Å². The van der Waals surface area contributed by atoms with Gasteiger partial charge in [0.05, 0.1) is 0 Å². The first kappa shape index (κ1) is 10.6. The van der Waals surface area contributed by atoms with Crippen molar-refractivity contribution >= 4 is 0 Å². The summed E-state index contributed by atoms with van der Waals surface area (Å²) in [4.78, 5) is 8.42. The van der Waals surface area contributed by atoms with E-state index >= 15 is 0 Å². The van der Waals surface area contributed by atoms with Crippen molar-refractivity contribution in [1.29, 1.82) is 0 Å². The zero-order chi connectivity index (χ0) is 11.4. The lowest BCUT2D eigenvalue weighted by Crippen LogP contribution is -1.90. The number of aromatic nitrogens is 2. The van der Waals surface area contributed by atoms with Gasteiger partial charge >= 0.3 is 0 Å². The van der Waals surface area contributed by atoms with Crippen molar-refractivity contribution in [1.82, 2.24) is 9.97 Å². The minimum atomic E-state index is 0.380. The Hall–Kier alpha value is -1.96. The van der Waals surface area contributed by atoms with Crippen LogP contribution >= 0.6 is 0 Å². The van der Waals surface area contributed by atoms with E-state index in [0.29, 0.717) is 5.92 Å². The molecule has 16 heavy (non-hydrogen) atoms. The van der Waals surface area contributed by atoms with Gasteiger partial charge in [0.1, 0.15) is 0 Å². The van der Waals surface area contributed by atoms with Crippen LogP contribution in [0.5, 0.6) is 0 Å². The zero-order valence-corrected chi connectivity index (χ0v) is 9.30. The van der Waals surface area contributed by atoms with Crippen LogP contribution in [0.1, 0.15) is 18.4 Å². The fraction of sp³-hybridized carbons (Fsp3) is 0.143. The number of hydrogen-bond acceptors (Lipinski definition) is 2. The van der Waals surface area contributed by atoms with Crippen LogP contribution in [0.25, 0.3) is 11.4 Å². The highest BCUT2D eigenvalue weighted by Gasteiger charge is 2.02. The second-order valence-electron chi connectivity index (χ2n) is 3.72. The minimum Gasteiger partial charge on any atom is -0.237 e. The van der Waals surface area contributed by atoms with E-state index in [1.807, 2.05) is 24.3 Å². The molecule has 1 atom stereocenters. The highest BCUT2D eigenvalue weighted by atomic mass is 14.8. The van der Waals surface area contributed by atoms with Gasteiger partial charge in [-0.2, -0.15) is 0 Å². The molecule has 0 saturated heterocycles. The molecule has 2 nitrogen and oxygen atoms in total. The molecule has 0 fully saturated rings. The van der Waals surface area contributed by atoms with Crippen LogP contribution in [0.15, 0.2) is 55.4 Å². The Morgan fingerprint density at radius 1 is 1.12 bits per heavy atom. The first-order valence-electron chi connectivity index (χ1n) is 5.31.